The molecule has 0 aliphatic rings. The van der Waals surface area contributed by atoms with Gasteiger partial charge in [-0.3, -0.25) is 4.79 Å². The van der Waals surface area contributed by atoms with Crippen LogP contribution in [-0.2, 0) is 0 Å². The highest BCUT2D eigenvalue weighted by atomic mass is 79.9. The molecule has 0 aliphatic heterocycles. The number of nitrogens with one attached hydrogen (secondary N) is 1. The van der Waals surface area contributed by atoms with Gasteiger partial charge in [-0.2, -0.15) is 0 Å². The third-order valence-corrected chi connectivity index (χ3v) is 3.02. The minimum atomic E-state index is -0.228. The van der Waals surface area contributed by atoms with E-state index in [2.05, 4.69) is 42.2 Å². The van der Waals surface area contributed by atoms with E-state index in [0.717, 1.165) is 10.2 Å². The zero-order valence-electron chi connectivity index (χ0n) is 8.65. The van der Waals surface area contributed by atoms with Crippen LogP contribution in [0.3, 0.4) is 0 Å². The smallest absolute Gasteiger partial charge is 0.274 e. The third-order valence-electron chi connectivity index (χ3n) is 2.05. The van der Waals surface area contributed by atoms with E-state index >= 15 is 0 Å². The quantitative estimate of drug-likeness (QED) is 0.831. The van der Waals surface area contributed by atoms with Crippen molar-refractivity contribution in [3.63, 3.8) is 0 Å². The average molecular weight is 356 g/mol. The SMILES string of the molecule is O=C(Nc1ccc(Br)cc1)c1cccc(Br)n1. The van der Waals surface area contributed by atoms with Crippen LogP contribution < -0.4 is 5.32 Å². The van der Waals surface area contributed by atoms with Crippen LogP contribution in [0.15, 0.2) is 51.5 Å². The lowest BCUT2D eigenvalue weighted by Crippen LogP contribution is -2.13. The summed E-state index contributed by atoms with van der Waals surface area (Å²) in [6.07, 6.45) is 0. The Balaban J connectivity index is 2.14. The second kappa shape index (κ2) is 5.42. The maximum Gasteiger partial charge on any atom is 0.274 e. The number of hydrogen-bond acceptors (Lipinski definition) is 2. The van der Waals surface area contributed by atoms with E-state index in [0.29, 0.717) is 10.3 Å². The zero-order valence-corrected chi connectivity index (χ0v) is 11.8. The van der Waals surface area contributed by atoms with Crippen LogP contribution in [0.2, 0.25) is 0 Å². The molecule has 1 heterocycles. The van der Waals surface area contributed by atoms with Gasteiger partial charge in [0.1, 0.15) is 10.3 Å². The molecular formula is C12H8Br2N2O. The van der Waals surface area contributed by atoms with Gasteiger partial charge >= 0.3 is 0 Å². The molecule has 0 fully saturated rings. The number of rotatable bonds is 2. The van der Waals surface area contributed by atoms with Crippen LogP contribution >= 0.6 is 31.9 Å². The second-order valence-corrected chi connectivity index (χ2v) is 5.03. The van der Waals surface area contributed by atoms with Crippen molar-refractivity contribution in [3.05, 3.63) is 57.2 Å². The number of pyridine rings is 1. The van der Waals surface area contributed by atoms with E-state index in [1.165, 1.54) is 0 Å². The van der Waals surface area contributed by atoms with E-state index < -0.39 is 0 Å². The Labute approximate surface area is 116 Å². The fourth-order valence-electron chi connectivity index (χ4n) is 1.26. The first-order valence-electron chi connectivity index (χ1n) is 4.84. The van der Waals surface area contributed by atoms with Gasteiger partial charge in [0.05, 0.1) is 0 Å². The van der Waals surface area contributed by atoms with Crippen molar-refractivity contribution in [2.45, 2.75) is 0 Å². The van der Waals surface area contributed by atoms with Crippen LogP contribution in [0.1, 0.15) is 10.5 Å². The van der Waals surface area contributed by atoms with Gasteiger partial charge in [-0.15, -0.1) is 0 Å². The first kappa shape index (κ1) is 12.3. The summed E-state index contributed by atoms with van der Waals surface area (Å²) in [5, 5.41) is 2.77. The van der Waals surface area contributed by atoms with E-state index in [9.17, 15) is 4.79 Å². The summed E-state index contributed by atoms with van der Waals surface area (Å²) in [5.41, 5.74) is 1.11. The Bertz CT molecular complexity index is 540. The number of hydrogen-bond donors (Lipinski definition) is 1. The molecule has 0 atom stereocenters. The Hall–Kier alpha value is -1.20. The largest absolute Gasteiger partial charge is 0.321 e. The van der Waals surface area contributed by atoms with Crippen LogP contribution in [0.4, 0.5) is 5.69 Å². The highest BCUT2D eigenvalue weighted by molar-refractivity contribution is 9.10. The van der Waals surface area contributed by atoms with Crippen molar-refractivity contribution >= 4 is 43.5 Å². The molecular weight excluding hydrogens is 348 g/mol. The van der Waals surface area contributed by atoms with Crippen LogP contribution in [0, 0.1) is 0 Å². The lowest BCUT2D eigenvalue weighted by molar-refractivity contribution is 0.102. The van der Waals surface area contributed by atoms with E-state index in [1.54, 1.807) is 18.2 Å². The molecule has 3 nitrogen and oxygen atoms in total. The fourth-order valence-corrected chi connectivity index (χ4v) is 1.87. The van der Waals surface area contributed by atoms with E-state index in [1.807, 2.05) is 24.3 Å². The molecule has 0 saturated heterocycles. The predicted octanol–water partition coefficient (Wildman–Crippen LogP) is 3.86. The molecule has 0 radical (unpaired) electrons. The standard InChI is InChI=1S/C12H8Br2N2O/c13-8-4-6-9(7-5-8)15-12(17)10-2-1-3-11(14)16-10/h1-7H,(H,15,17). The molecule has 2 aromatic rings. The lowest BCUT2D eigenvalue weighted by Gasteiger charge is -2.04. The highest BCUT2D eigenvalue weighted by Gasteiger charge is 2.07. The summed E-state index contributed by atoms with van der Waals surface area (Å²) < 4.78 is 1.61. The summed E-state index contributed by atoms with van der Waals surface area (Å²) in [7, 11) is 0. The van der Waals surface area contributed by atoms with Gasteiger partial charge in [0.15, 0.2) is 0 Å². The number of halogens is 2. The third kappa shape index (κ3) is 3.38. The Kier molecular flexibility index (Phi) is 3.91. The van der Waals surface area contributed by atoms with Gasteiger partial charge in [0, 0.05) is 10.2 Å². The average Bonchev–Trinajstić information content (AvgIpc) is 2.32. The Morgan fingerprint density at radius 3 is 2.41 bits per heavy atom. The van der Waals surface area contributed by atoms with Crippen molar-refractivity contribution in [1.29, 1.82) is 0 Å². The van der Waals surface area contributed by atoms with Crippen LogP contribution in [-0.4, -0.2) is 10.9 Å². The molecule has 0 spiro atoms. The van der Waals surface area contributed by atoms with Gasteiger partial charge in [0.2, 0.25) is 0 Å². The summed E-state index contributed by atoms with van der Waals surface area (Å²) in [4.78, 5) is 15.9. The van der Waals surface area contributed by atoms with Gasteiger partial charge in [-0.1, -0.05) is 22.0 Å². The molecule has 0 unspecified atom stereocenters. The minimum absolute atomic E-state index is 0.228. The fraction of sp³-hybridized carbons (Fsp3) is 0. The van der Waals surface area contributed by atoms with E-state index in [-0.39, 0.29) is 5.91 Å². The highest BCUT2D eigenvalue weighted by Crippen LogP contribution is 2.15. The Morgan fingerprint density at radius 1 is 1.06 bits per heavy atom. The van der Waals surface area contributed by atoms with Crippen molar-refractivity contribution in [3.8, 4) is 0 Å². The van der Waals surface area contributed by atoms with Crippen molar-refractivity contribution in [2.75, 3.05) is 5.32 Å². The van der Waals surface area contributed by atoms with Crippen LogP contribution in [0.25, 0.3) is 0 Å². The number of aromatic nitrogens is 1. The molecule has 5 heteroatoms. The summed E-state index contributed by atoms with van der Waals surface area (Å²) >= 11 is 6.56. The number of carbonyl (C=O) groups excluding carboxylic acids is 1. The maximum atomic E-state index is 11.8. The predicted molar refractivity (Wildman–Crippen MR) is 74.0 cm³/mol. The molecule has 0 bridgehead atoms. The molecule has 0 aliphatic carbocycles. The molecule has 17 heavy (non-hydrogen) atoms. The molecule has 86 valence electrons. The summed E-state index contributed by atoms with van der Waals surface area (Å²) in [6.45, 7) is 0. The molecule has 2 rings (SSSR count). The number of nitrogens with zero attached hydrogens (tertiary/aromatic N) is 1. The lowest BCUT2D eigenvalue weighted by atomic mass is 10.3. The normalized spacial score (nSPS) is 10.0. The topological polar surface area (TPSA) is 42.0 Å². The van der Waals surface area contributed by atoms with E-state index in [4.69, 9.17) is 0 Å². The van der Waals surface area contributed by atoms with Crippen molar-refractivity contribution in [1.82, 2.24) is 4.98 Å². The van der Waals surface area contributed by atoms with Gasteiger partial charge in [-0.25, -0.2) is 4.98 Å². The van der Waals surface area contributed by atoms with Crippen molar-refractivity contribution < 1.29 is 4.79 Å². The number of carbonyl (C=O) groups is 1. The maximum absolute atomic E-state index is 11.8. The summed E-state index contributed by atoms with van der Waals surface area (Å²) in [5.74, 6) is -0.228. The van der Waals surface area contributed by atoms with Crippen LogP contribution in [0.5, 0.6) is 0 Å². The monoisotopic (exact) mass is 354 g/mol. The zero-order chi connectivity index (χ0) is 12.3. The molecule has 1 aromatic carbocycles. The Morgan fingerprint density at radius 2 is 1.76 bits per heavy atom. The first-order chi connectivity index (χ1) is 8.15. The van der Waals surface area contributed by atoms with Gasteiger partial charge < -0.3 is 5.32 Å². The molecule has 1 aromatic heterocycles. The number of anilines is 1. The molecule has 1 N–H and O–H groups in total. The molecule has 1 amide bonds. The van der Waals surface area contributed by atoms with Gasteiger partial charge in [-0.05, 0) is 52.3 Å². The first-order valence-corrected chi connectivity index (χ1v) is 6.43. The summed E-state index contributed by atoms with van der Waals surface area (Å²) in [6, 6.07) is 12.6. The molecule has 0 saturated carbocycles. The van der Waals surface area contributed by atoms with Gasteiger partial charge in [0.25, 0.3) is 5.91 Å². The number of benzene rings is 1. The minimum Gasteiger partial charge on any atom is -0.321 e. The second-order valence-electron chi connectivity index (χ2n) is 3.31. The number of amides is 1. The van der Waals surface area contributed by atoms with Crippen molar-refractivity contribution in [2.24, 2.45) is 0 Å².